The number of hydrogen-bond acceptors (Lipinski definition) is 5. The molecule has 0 saturated carbocycles. The minimum atomic E-state index is -0.242. The van der Waals surface area contributed by atoms with Gasteiger partial charge in [0.1, 0.15) is 5.01 Å². The summed E-state index contributed by atoms with van der Waals surface area (Å²) in [6.45, 7) is 4.02. The summed E-state index contributed by atoms with van der Waals surface area (Å²) in [5, 5.41) is 12.5. The summed E-state index contributed by atoms with van der Waals surface area (Å²) >= 11 is 7.12. The second-order valence-corrected chi connectivity index (χ2v) is 6.52. The van der Waals surface area contributed by atoms with Crippen LogP contribution >= 0.6 is 22.9 Å². The number of rotatable bonds is 6. The molecule has 1 aromatic heterocycles. The molecule has 116 valence electrons. The van der Waals surface area contributed by atoms with Crippen LogP contribution in [0, 0.1) is 0 Å². The van der Waals surface area contributed by atoms with Crippen LogP contribution in [-0.2, 0) is 4.79 Å². The molecule has 22 heavy (non-hydrogen) atoms. The predicted molar refractivity (Wildman–Crippen MR) is 87.6 cm³/mol. The lowest BCUT2D eigenvalue weighted by atomic mass is 10.1. The van der Waals surface area contributed by atoms with E-state index in [9.17, 15) is 9.59 Å². The normalized spacial score (nSPS) is 10.7. The Hall–Kier alpha value is -1.79. The molecule has 1 N–H and O–H groups in total. The molecule has 2 aromatic rings. The summed E-state index contributed by atoms with van der Waals surface area (Å²) in [6.07, 6.45) is 0.251. The number of benzene rings is 1. The first-order chi connectivity index (χ1) is 10.5. The standard InChI is InChI=1S/C15H16ClN3O2S/c1-9(2)14-18-19-15(22-14)17-13(21)8-7-12(20)10-3-5-11(16)6-4-10/h3-6,9H,7-8H2,1-2H3,(H,17,19,21). The number of carbonyl (C=O) groups excluding carboxylic acids is 2. The van der Waals surface area contributed by atoms with E-state index in [1.54, 1.807) is 24.3 Å². The summed E-state index contributed by atoms with van der Waals surface area (Å²) in [4.78, 5) is 23.8. The van der Waals surface area contributed by atoms with Gasteiger partial charge < -0.3 is 5.32 Å². The molecule has 0 unspecified atom stereocenters. The number of anilines is 1. The van der Waals surface area contributed by atoms with Gasteiger partial charge in [-0.3, -0.25) is 9.59 Å². The summed E-state index contributed by atoms with van der Waals surface area (Å²) in [7, 11) is 0. The molecular weight excluding hydrogens is 322 g/mol. The zero-order valence-corrected chi connectivity index (χ0v) is 13.9. The Kier molecular flexibility index (Phi) is 5.63. The largest absolute Gasteiger partial charge is 0.301 e. The molecule has 5 nitrogen and oxygen atoms in total. The number of aromatic nitrogens is 2. The number of carbonyl (C=O) groups is 2. The number of ketones is 1. The molecule has 0 bridgehead atoms. The van der Waals surface area contributed by atoms with E-state index < -0.39 is 0 Å². The lowest BCUT2D eigenvalue weighted by Gasteiger charge is -2.02. The van der Waals surface area contributed by atoms with E-state index in [4.69, 9.17) is 11.6 Å². The Bertz CT molecular complexity index is 668. The van der Waals surface area contributed by atoms with Crippen molar-refractivity contribution in [3.63, 3.8) is 0 Å². The first-order valence-electron chi connectivity index (χ1n) is 6.87. The molecule has 0 spiro atoms. The number of nitrogens with zero attached hydrogens (tertiary/aromatic N) is 2. The second-order valence-electron chi connectivity index (χ2n) is 5.08. The maximum atomic E-state index is 12.0. The molecule has 1 amide bonds. The highest BCUT2D eigenvalue weighted by Gasteiger charge is 2.12. The number of hydrogen-bond donors (Lipinski definition) is 1. The van der Waals surface area contributed by atoms with Crippen molar-refractivity contribution in [2.24, 2.45) is 0 Å². The third-order valence-corrected chi connectivity index (χ3v) is 4.32. The summed E-state index contributed by atoms with van der Waals surface area (Å²) in [6, 6.07) is 6.62. The van der Waals surface area contributed by atoms with Gasteiger partial charge in [-0.2, -0.15) is 0 Å². The molecule has 2 rings (SSSR count). The SMILES string of the molecule is CC(C)c1nnc(NC(=O)CCC(=O)c2ccc(Cl)cc2)s1. The van der Waals surface area contributed by atoms with Gasteiger partial charge in [0.25, 0.3) is 0 Å². The molecule has 0 saturated heterocycles. The summed E-state index contributed by atoms with van der Waals surface area (Å²) in [5.74, 6) is -0.0599. The van der Waals surface area contributed by atoms with Gasteiger partial charge in [-0.05, 0) is 24.3 Å². The van der Waals surface area contributed by atoms with Crippen LogP contribution in [0.4, 0.5) is 5.13 Å². The van der Waals surface area contributed by atoms with Crippen LogP contribution in [0.25, 0.3) is 0 Å². The minimum absolute atomic E-state index is 0.0908. The highest BCUT2D eigenvalue weighted by atomic mass is 35.5. The fourth-order valence-electron chi connectivity index (χ4n) is 1.71. The smallest absolute Gasteiger partial charge is 0.226 e. The van der Waals surface area contributed by atoms with Crippen molar-refractivity contribution in [3.8, 4) is 0 Å². The molecule has 0 atom stereocenters. The molecule has 0 radical (unpaired) electrons. The highest BCUT2D eigenvalue weighted by Crippen LogP contribution is 2.22. The van der Waals surface area contributed by atoms with Crippen LogP contribution in [0.1, 0.15) is 48.0 Å². The minimum Gasteiger partial charge on any atom is -0.301 e. The Morgan fingerprint density at radius 1 is 1.18 bits per heavy atom. The van der Waals surface area contributed by atoms with Crippen LogP contribution in [0.5, 0.6) is 0 Å². The molecular formula is C15H16ClN3O2S. The van der Waals surface area contributed by atoms with Crippen molar-refractivity contribution in [1.29, 1.82) is 0 Å². The fourth-order valence-corrected chi connectivity index (χ4v) is 2.60. The van der Waals surface area contributed by atoms with E-state index in [2.05, 4.69) is 15.5 Å². The van der Waals surface area contributed by atoms with Crippen molar-refractivity contribution in [1.82, 2.24) is 10.2 Å². The molecule has 1 heterocycles. The number of amides is 1. The van der Waals surface area contributed by atoms with Gasteiger partial charge >= 0.3 is 0 Å². The number of Topliss-reactive ketones (excluding diaryl/α,β-unsaturated/α-hetero) is 1. The number of halogens is 1. The Balaban J connectivity index is 1.84. The van der Waals surface area contributed by atoms with Crippen molar-refractivity contribution in [2.45, 2.75) is 32.6 Å². The lowest BCUT2D eigenvalue weighted by Crippen LogP contribution is -2.13. The fraction of sp³-hybridized carbons (Fsp3) is 0.333. The van der Waals surface area contributed by atoms with Crippen LogP contribution in [-0.4, -0.2) is 21.9 Å². The summed E-state index contributed by atoms with van der Waals surface area (Å²) < 4.78 is 0. The average molecular weight is 338 g/mol. The molecule has 7 heteroatoms. The molecule has 0 aliphatic rings. The van der Waals surface area contributed by atoms with Crippen molar-refractivity contribution in [3.05, 3.63) is 39.9 Å². The van der Waals surface area contributed by atoms with Gasteiger partial charge in [0, 0.05) is 29.3 Å². The monoisotopic (exact) mass is 337 g/mol. The zero-order chi connectivity index (χ0) is 16.1. The Morgan fingerprint density at radius 2 is 1.86 bits per heavy atom. The second kappa shape index (κ2) is 7.47. The van der Waals surface area contributed by atoms with Gasteiger partial charge in [-0.15, -0.1) is 10.2 Å². The van der Waals surface area contributed by atoms with E-state index >= 15 is 0 Å². The molecule has 0 aliphatic heterocycles. The zero-order valence-electron chi connectivity index (χ0n) is 12.3. The Morgan fingerprint density at radius 3 is 2.45 bits per heavy atom. The predicted octanol–water partition coefficient (Wildman–Crippen LogP) is 3.92. The van der Waals surface area contributed by atoms with Gasteiger partial charge in [-0.1, -0.05) is 36.8 Å². The third kappa shape index (κ3) is 4.61. The Labute approximate surface area is 137 Å². The van der Waals surface area contributed by atoms with E-state index in [1.807, 2.05) is 13.8 Å². The molecule has 0 aliphatic carbocycles. The van der Waals surface area contributed by atoms with Crippen molar-refractivity contribution < 1.29 is 9.59 Å². The highest BCUT2D eigenvalue weighted by molar-refractivity contribution is 7.15. The van der Waals surface area contributed by atoms with Crippen molar-refractivity contribution in [2.75, 3.05) is 5.32 Å². The van der Waals surface area contributed by atoms with Gasteiger partial charge in [0.05, 0.1) is 0 Å². The lowest BCUT2D eigenvalue weighted by molar-refractivity contribution is -0.116. The van der Waals surface area contributed by atoms with Gasteiger partial charge in [0.15, 0.2) is 5.78 Å². The summed E-state index contributed by atoms with van der Waals surface area (Å²) in [5.41, 5.74) is 0.551. The van der Waals surface area contributed by atoms with Crippen LogP contribution in [0.3, 0.4) is 0 Å². The molecule has 0 fully saturated rings. The quantitative estimate of drug-likeness (QED) is 0.811. The van der Waals surface area contributed by atoms with E-state index in [0.29, 0.717) is 15.7 Å². The number of nitrogens with one attached hydrogen (secondary N) is 1. The van der Waals surface area contributed by atoms with Crippen LogP contribution < -0.4 is 5.32 Å². The topological polar surface area (TPSA) is 72.0 Å². The molecule has 1 aromatic carbocycles. The maximum Gasteiger partial charge on any atom is 0.226 e. The van der Waals surface area contributed by atoms with Gasteiger partial charge in [-0.25, -0.2) is 0 Å². The first-order valence-corrected chi connectivity index (χ1v) is 8.07. The van der Waals surface area contributed by atoms with Crippen LogP contribution in [0.15, 0.2) is 24.3 Å². The van der Waals surface area contributed by atoms with E-state index in [1.165, 1.54) is 11.3 Å². The van der Waals surface area contributed by atoms with Crippen LogP contribution in [0.2, 0.25) is 5.02 Å². The third-order valence-electron chi connectivity index (χ3n) is 2.93. The van der Waals surface area contributed by atoms with E-state index in [-0.39, 0.29) is 30.4 Å². The van der Waals surface area contributed by atoms with Gasteiger partial charge in [0.2, 0.25) is 11.0 Å². The first kappa shape index (κ1) is 16.6. The van der Waals surface area contributed by atoms with E-state index in [0.717, 1.165) is 5.01 Å². The van der Waals surface area contributed by atoms with Crippen molar-refractivity contribution >= 4 is 39.8 Å². The maximum absolute atomic E-state index is 12.0. The average Bonchev–Trinajstić information content (AvgIpc) is 2.94.